The van der Waals surface area contributed by atoms with Crippen molar-refractivity contribution in [3.05, 3.63) is 78.4 Å². The van der Waals surface area contributed by atoms with Crippen LogP contribution in [0.2, 0.25) is 0 Å². The van der Waals surface area contributed by atoms with Gasteiger partial charge in [0.05, 0.1) is 26.4 Å². The standard InChI is InChI=1S/C31H37N3O5/c35-25-26-1-3-27(4-2-26)34(28-5-9-30(10-6-28)38-23-17-32-13-19-36-20-14-32)29-7-11-31(12-8-29)39-24-18-33-15-21-37-22-16-33/h1-12,25H,13-24H2. The van der Waals surface area contributed by atoms with E-state index in [-0.39, 0.29) is 0 Å². The second-order valence-corrected chi connectivity index (χ2v) is 9.64. The van der Waals surface area contributed by atoms with Crippen LogP contribution >= 0.6 is 0 Å². The molecule has 0 spiro atoms. The zero-order valence-electron chi connectivity index (χ0n) is 22.4. The first-order valence-electron chi connectivity index (χ1n) is 13.7. The molecular formula is C31H37N3O5. The van der Waals surface area contributed by atoms with Gasteiger partial charge in [-0.2, -0.15) is 0 Å². The Morgan fingerprint density at radius 1 is 0.615 bits per heavy atom. The van der Waals surface area contributed by atoms with E-state index in [2.05, 4.69) is 39.0 Å². The minimum atomic E-state index is 0.642. The largest absolute Gasteiger partial charge is 0.492 e. The smallest absolute Gasteiger partial charge is 0.150 e. The summed E-state index contributed by atoms with van der Waals surface area (Å²) in [7, 11) is 0. The lowest BCUT2D eigenvalue weighted by Crippen LogP contribution is -2.38. The van der Waals surface area contributed by atoms with E-state index in [9.17, 15) is 4.79 Å². The lowest BCUT2D eigenvalue weighted by atomic mass is 10.1. The van der Waals surface area contributed by atoms with Crippen LogP contribution in [0.25, 0.3) is 0 Å². The van der Waals surface area contributed by atoms with Crippen molar-refractivity contribution < 1.29 is 23.7 Å². The Labute approximate surface area is 230 Å². The minimum Gasteiger partial charge on any atom is -0.492 e. The van der Waals surface area contributed by atoms with E-state index >= 15 is 0 Å². The third-order valence-electron chi connectivity index (χ3n) is 7.04. The van der Waals surface area contributed by atoms with Crippen LogP contribution in [-0.2, 0) is 9.47 Å². The number of hydrogen-bond acceptors (Lipinski definition) is 8. The number of carbonyl (C=O) groups excluding carboxylic acids is 1. The van der Waals surface area contributed by atoms with Gasteiger partial charge in [0.25, 0.3) is 0 Å². The monoisotopic (exact) mass is 531 g/mol. The maximum atomic E-state index is 11.2. The number of rotatable bonds is 12. The van der Waals surface area contributed by atoms with Crippen LogP contribution in [0.4, 0.5) is 17.1 Å². The normalized spacial score (nSPS) is 16.5. The second kappa shape index (κ2) is 14.1. The van der Waals surface area contributed by atoms with Gasteiger partial charge in [0, 0.05) is 61.9 Å². The minimum absolute atomic E-state index is 0.642. The molecule has 0 unspecified atom stereocenters. The molecule has 39 heavy (non-hydrogen) atoms. The van der Waals surface area contributed by atoms with Crippen molar-refractivity contribution in [2.45, 2.75) is 0 Å². The number of morpholine rings is 2. The van der Waals surface area contributed by atoms with Gasteiger partial charge in [-0.05, 0) is 72.8 Å². The highest BCUT2D eigenvalue weighted by Crippen LogP contribution is 2.36. The fourth-order valence-corrected chi connectivity index (χ4v) is 4.77. The Hall–Kier alpha value is -3.43. The fourth-order valence-electron chi connectivity index (χ4n) is 4.77. The highest BCUT2D eigenvalue weighted by Gasteiger charge is 2.14. The van der Waals surface area contributed by atoms with Gasteiger partial charge in [-0.3, -0.25) is 14.6 Å². The van der Waals surface area contributed by atoms with Gasteiger partial charge >= 0.3 is 0 Å². The van der Waals surface area contributed by atoms with Gasteiger partial charge in [-0.25, -0.2) is 0 Å². The van der Waals surface area contributed by atoms with Crippen molar-refractivity contribution in [1.82, 2.24) is 9.80 Å². The Morgan fingerprint density at radius 2 is 1.00 bits per heavy atom. The first kappa shape index (κ1) is 27.1. The molecule has 2 fully saturated rings. The maximum Gasteiger partial charge on any atom is 0.150 e. The number of aldehydes is 1. The van der Waals surface area contributed by atoms with Crippen LogP contribution in [-0.4, -0.2) is 95.0 Å². The molecule has 8 heteroatoms. The number of carbonyl (C=O) groups is 1. The topological polar surface area (TPSA) is 63.7 Å². The molecule has 2 aliphatic heterocycles. The molecule has 2 aliphatic rings. The molecule has 206 valence electrons. The highest BCUT2D eigenvalue weighted by atomic mass is 16.5. The number of anilines is 3. The quantitative estimate of drug-likeness (QED) is 0.319. The first-order chi connectivity index (χ1) is 19.3. The van der Waals surface area contributed by atoms with Crippen molar-refractivity contribution in [2.75, 3.05) is 83.8 Å². The van der Waals surface area contributed by atoms with Crippen LogP contribution in [0.5, 0.6) is 11.5 Å². The molecule has 5 rings (SSSR count). The number of nitrogens with zero attached hydrogens (tertiary/aromatic N) is 3. The highest BCUT2D eigenvalue weighted by molar-refractivity contribution is 5.80. The van der Waals surface area contributed by atoms with Gasteiger partial charge in [-0.1, -0.05) is 0 Å². The summed E-state index contributed by atoms with van der Waals surface area (Å²) in [5, 5.41) is 0. The van der Waals surface area contributed by atoms with Crippen LogP contribution in [0, 0.1) is 0 Å². The third-order valence-corrected chi connectivity index (χ3v) is 7.04. The molecule has 0 radical (unpaired) electrons. The van der Waals surface area contributed by atoms with E-state index in [4.69, 9.17) is 18.9 Å². The Morgan fingerprint density at radius 3 is 1.38 bits per heavy atom. The number of ether oxygens (including phenoxy) is 4. The third kappa shape index (κ3) is 7.80. The zero-order chi connectivity index (χ0) is 26.7. The summed E-state index contributed by atoms with van der Waals surface area (Å²) < 4.78 is 22.9. The van der Waals surface area contributed by atoms with Gasteiger partial charge in [0.2, 0.25) is 0 Å². The first-order valence-corrected chi connectivity index (χ1v) is 13.7. The summed E-state index contributed by atoms with van der Waals surface area (Å²) in [6, 6.07) is 23.9. The van der Waals surface area contributed by atoms with Crippen molar-refractivity contribution in [3.8, 4) is 11.5 Å². The predicted molar refractivity (Wildman–Crippen MR) is 152 cm³/mol. The number of hydrogen-bond donors (Lipinski definition) is 0. The van der Waals surface area contributed by atoms with Crippen molar-refractivity contribution in [3.63, 3.8) is 0 Å². The SMILES string of the molecule is O=Cc1ccc(N(c2ccc(OCCN3CCOCC3)cc2)c2ccc(OCCN3CCOCC3)cc2)cc1. The summed E-state index contributed by atoms with van der Waals surface area (Å²) in [6.45, 7) is 10.1. The molecule has 8 nitrogen and oxygen atoms in total. The predicted octanol–water partition coefficient (Wildman–Crippen LogP) is 4.39. The lowest BCUT2D eigenvalue weighted by molar-refractivity contribution is 0.0322. The Bertz CT molecular complexity index is 1070. The van der Waals surface area contributed by atoms with Crippen LogP contribution < -0.4 is 14.4 Å². The van der Waals surface area contributed by atoms with Crippen molar-refractivity contribution in [1.29, 1.82) is 0 Å². The van der Waals surface area contributed by atoms with Gasteiger partial charge in [0.15, 0.2) is 0 Å². The summed E-state index contributed by atoms with van der Waals surface area (Å²) in [6.07, 6.45) is 0.861. The van der Waals surface area contributed by atoms with E-state index in [1.54, 1.807) is 0 Å². The Balaban J connectivity index is 1.25. The molecule has 0 bridgehead atoms. The Kier molecular flexibility index (Phi) is 9.81. The van der Waals surface area contributed by atoms with E-state index in [1.807, 2.05) is 48.5 Å². The molecule has 2 saturated heterocycles. The molecule has 3 aromatic carbocycles. The fraction of sp³-hybridized carbons (Fsp3) is 0.387. The van der Waals surface area contributed by atoms with Crippen LogP contribution in [0.3, 0.4) is 0 Å². The van der Waals surface area contributed by atoms with E-state index in [1.165, 1.54) is 0 Å². The van der Waals surface area contributed by atoms with Gasteiger partial charge < -0.3 is 23.8 Å². The molecule has 0 amide bonds. The van der Waals surface area contributed by atoms with E-state index < -0.39 is 0 Å². The molecule has 0 atom stereocenters. The lowest BCUT2D eigenvalue weighted by Gasteiger charge is -2.27. The average Bonchev–Trinajstić information content (AvgIpc) is 3.00. The summed E-state index contributed by atoms with van der Waals surface area (Å²) in [4.78, 5) is 18.1. The average molecular weight is 532 g/mol. The molecule has 0 saturated carbocycles. The summed E-state index contributed by atoms with van der Waals surface area (Å²) in [5.41, 5.74) is 3.60. The molecule has 2 heterocycles. The van der Waals surface area contributed by atoms with Crippen LogP contribution in [0.15, 0.2) is 72.8 Å². The maximum absolute atomic E-state index is 11.2. The number of benzene rings is 3. The second-order valence-electron chi connectivity index (χ2n) is 9.64. The van der Waals surface area contributed by atoms with Crippen molar-refractivity contribution >= 4 is 23.3 Å². The molecular weight excluding hydrogens is 494 g/mol. The summed E-state index contributed by atoms with van der Waals surface area (Å²) in [5.74, 6) is 1.68. The van der Waals surface area contributed by atoms with E-state index in [0.717, 1.165) is 101 Å². The van der Waals surface area contributed by atoms with Crippen LogP contribution in [0.1, 0.15) is 10.4 Å². The zero-order valence-corrected chi connectivity index (χ0v) is 22.4. The molecule has 0 aromatic heterocycles. The van der Waals surface area contributed by atoms with Gasteiger partial charge in [0.1, 0.15) is 31.0 Å². The molecule has 0 aliphatic carbocycles. The molecule has 3 aromatic rings. The van der Waals surface area contributed by atoms with Crippen molar-refractivity contribution in [2.24, 2.45) is 0 Å². The molecule has 0 N–H and O–H groups in total. The summed E-state index contributed by atoms with van der Waals surface area (Å²) >= 11 is 0. The van der Waals surface area contributed by atoms with E-state index in [0.29, 0.717) is 18.8 Å². The van der Waals surface area contributed by atoms with Gasteiger partial charge in [-0.15, -0.1) is 0 Å².